The van der Waals surface area contributed by atoms with Crippen molar-refractivity contribution in [2.45, 2.75) is 32.5 Å². The van der Waals surface area contributed by atoms with Gasteiger partial charge in [0.15, 0.2) is 0 Å². The summed E-state index contributed by atoms with van der Waals surface area (Å²) in [5.41, 5.74) is 1.71. The van der Waals surface area contributed by atoms with Gasteiger partial charge in [-0.3, -0.25) is 4.90 Å². The minimum absolute atomic E-state index is 0.102. The third-order valence-electron chi connectivity index (χ3n) is 4.26. The molecule has 7 heteroatoms. The maximum atomic E-state index is 10.6. The SMILES string of the molecule is COc1ccc(OC)c2c1CN([C@H](C)c1nnc(C)o1)C[C@@H]2O. The normalized spacial score (nSPS) is 19.3. The number of aliphatic hydroxyl groups excluding tert-OH is 1. The second-order valence-electron chi connectivity index (χ2n) is 5.64. The molecule has 1 aliphatic rings. The molecule has 0 amide bonds. The van der Waals surface area contributed by atoms with Gasteiger partial charge in [-0.05, 0) is 19.1 Å². The number of β-amino-alcohol motifs (C(OH)–C–C–N with tert-alkyl or cyclic N) is 1. The maximum absolute atomic E-state index is 10.6. The van der Waals surface area contributed by atoms with Crippen LogP contribution in [0, 0.1) is 6.92 Å². The Hall–Kier alpha value is -2.12. The van der Waals surface area contributed by atoms with Gasteiger partial charge in [0.25, 0.3) is 0 Å². The molecule has 0 radical (unpaired) electrons. The number of aryl methyl sites for hydroxylation is 1. The molecule has 1 aromatic heterocycles. The van der Waals surface area contributed by atoms with E-state index in [2.05, 4.69) is 15.1 Å². The van der Waals surface area contributed by atoms with E-state index in [1.165, 1.54) is 0 Å². The van der Waals surface area contributed by atoms with Crippen LogP contribution in [0.2, 0.25) is 0 Å². The van der Waals surface area contributed by atoms with Crippen molar-refractivity contribution >= 4 is 0 Å². The van der Waals surface area contributed by atoms with E-state index in [9.17, 15) is 5.11 Å². The molecule has 0 saturated heterocycles. The summed E-state index contributed by atoms with van der Waals surface area (Å²) < 4.78 is 16.4. The molecule has 1 aliphatic heterocycles. The molecule has 0 unspecified atom stereocenters. The van der Waals surface area contributed by atoms with E-state index in [-0.39, 0.29) is 6.04 Å². The fourth-order valence-electron chi connectivity index (χ4n) is 3.03. The lowest BCUT2D eigenvalue weighted by Crippen LogP contribution is -2.36. The van der Waals surface area contributed by atoms with E-state index < -0.39 is 6.10 Å². The summed E-state index contributed by atoms with van der Waals surface area (Å²) in [6.07, 6.45) is -0.671. The highest BCUT2D eigenvalue weighted by Gasteiger charge is 2.33. The second kappa shape index (κ2) is 6.17. The van der Waals surface area contributed by atoms with Gasteiger partial charge in [-0.1, -0.05) is 0 Å². The monoisotopic (exact) mass is 319 g/mol. The lowest BCUT2D eigenvalue weighted by Gasteiger charge is -2.36. The van der Waals surface area contributed by atoms with Crippen LogP contribution < -0.4 is 9.47 Å². The Morgan fingerprint density at radius 1 is 1.26 bits per heavy atom. The van der Waals surface area contributed by atoms with Crippen molar-refractivity contribution in [1.29, 1.82) is 0 Å². The molecule has 0 bridgehead atoms. The molecule has 124 valence electrons. The number of nitrogens with zero attached hydrogens (tertiary/aromatic N) is 3. The van der Waals surface area contributed by atoms with Crippen molar-refractivity contribution in [2.75, 3.05) is 20.8 Å². The summed E-state index contributed by atoms with van der Waals surface area (Å²) in [6, 6.07) is 3.58. The molecule has 0 fully saturated rings. The van der Waals surface area contributed by atoms with E-state index in [1.807, 2.05) is 19.1 Å². The average molecular weight is 319 g/mol. The van der Waals surface area contributed by atoms with Crippen LogP contribution in [0.15, 0.2) is 16.5 Å². The first-order chi connectivity index (χ1) is 11.0. The fourth-order valence-corrected chi connectivity index (χ4v) is 3.03. The first kappa shape index (κ1) is 15.8. The Morgan fingerprint density at radius 3 is 2.57 bits per heavy atom. The largest absolute Gasteiger partial charge is 0.496 e. The summed E-state index contributed by atoms with van der Waals surface area (Å²) >= 11 is 0. The molecule has 2 aromatic rings. The van der Waals surface area contributed by atoms with Gasteiger partial charge in [0, 0.05) is 31.1 Å². The van der Waals surface area contributed by atoms with Crippen molar-refractivity contribution in [2.24, 2.45) is 0 Å². The molecule has 2 atom stereocenters. The smallest absolute Gasteiger partial charge is 0.233 e. The number of fused-ring (bicyclic) bond motifs is 1. The van der Waals surface area contributed by atoms with Crippen LogP contribution in [-0.4, -0.2) is 41.0 Å². The molecule has 3 rings (SSSR count). The Labute approximate surface area is 134 Å². The molecule has 1 N–H and O–H groups in total. The summed E-state index contributed by atoms with van der Waals surface area (Å²) in [6.45, 7) is 4.81. The fraction of sp³-hybridized carbons (Fsp3) is 0.500. The summed E-state index contributed by atoms with van der Waals surface area (Å²) in [7, 11) is 3.23. The van der Waals surface area contributed by atoms with Gasteiger partial charge in [0.05, 0.1) is 26.4 Å². The highest BCUT2D eigenvalue weighted by molar-refractivity contribution is 5.51. The van der Waals surface area contributed by atoms with Gasteiger partial charge >= 0.3 is 0 Å². The molecular formula is C16H21N3O4. The van der Waals surface area contributed by atoms with Crippen LogP contribution in [-0.2, 0) is 6.54 Å². The molecule has 7 nitrogen and oxygen atoms in total. The molecule has 2 heterocycles. The van der Waals surface area contributed by atoms with E-state index in [0.717, 1.165) is 16.9 Å². The lowest BCUT2D eigenvalue weighted by atomic mass is 9.94. The van der Waals surface area contributed by atoms with Crippen LogP contribution in [0.5, 0.6) is 11.5 Å². The zero-order valence-corrected chi connectivity index (χ0v) is 13.7. The molecule has 0 aliphatic carbocycles. The Morgan fingerprint density at radius 2 is 1.96 bits per heavy atom. The number of hydrogen-bond donors (Lipinski definition) is 1. The van der Waals surface area contributed by atoms with Crippen LogP contribution in [0.3, 0.4) is 0 Å². The van der Waals surface area contributed by atoms with Crippen LogP contribution >= 0.6 is 0 Å². The van der Waals surface area contributed by atoms with Gasteiger partial charge in [0.2, 0.25) is 11.8 Å². The minimum Gasteiger partial charge on any atom is -0.496 e. The van der Waals surface area contributed by atoms with Crippen molar-refractivity contribution in [3.8, 4) is 11.5 Å². The van der Waals surface area contributed by atoms with Crippen LogP contribution in [0.25, 0.3) is 0 Å². The first-order valence-electron chi connectivity index (χ1n) is 7.51. The lowest BCUT2D eigenvalue weighted by molar-refractivity contribution is 0.0584. The summed E-state index contributed by atoms with van der Waals surface area (Å²) in [5.74, 6) is 2.48. The number of hydrogen-bond acceptors (Lipinski definition) is 7. The molecule has 1 aromatic carbocycles. The van der Waals surface area contributed by atoms with Crippen molar-refractivity contribution < 1.29 is 19.0 Å². The molecule has 0 saturated carbocycles. The Kier molecular flexibility index (Phi) is 4.23. The van der Waals surface area contributed by atoms with Crippen molar-refractivity contribution in [1.82, 2.24) is 15.1 Å². The van der Waals surface area contributed by atoms with Crippen LogP contribution in [0.1, 0.15) is 42.0 Å². The zero-order valence-electron chi connectivity index (χ0n) is 13.7. The number of rotatable bonds is 4. The minimum atomic E-state index is -0.671. The highest BCUT2D eigenvalue weighted by atomic mass is 16.5. The number of aliphatic hydroxyl groups is 1. The van der Waals surface area contributed by atoms with Crippen LogP contribution in [0.4, 0.5) is 0 Å². The van der Waals surface area contributed by atoms with E-state index in [4.69, 9.17) is 13.9 Å². The predicted octanol–water partition coefficient (Wildman–Crippen LogP) is 2.01. The standard InChI is InChI=1S/C16H21N3O4/c1-9(16-18-17-10(2)23-16)19-7-11-13(21-3)5-6-14(22-4)15(11)12(20)8-19/h5-6,9,12,20H,7-8H2,1-4H3/t9-,12+/m1/s1. The number of aromatic nitrogens is 2. The van der Waals surface area contributed by atoms with Crippen molar-refractivity contribution in [3.63, 3.8) is 0 Å². The predicted molar refractivity (Wildman–Crippen MR) is 82.4 cm³/mol. The third-order valence-corrected chi connectivity index (χ3v) is 4.26. The Bertz CT molecular complexity index is 701. The topological polar surface area (TPSA) is 80.9 Å². The zero-order chi connectivity index (χ0) is 16.6. The highest BCUT2D eigenvalue weighted by Crippen LogP contribution is 2.41. The Balaban J connectivity index is 1.96. The van der Waals surface area contributed by atoms with E-state index >= 15 is 0 Å². The molecule has 0 spiro atoms. The number of ether oxygens (including phenoxy) is 2. The summed E-state index contributed by atoms with van der Waals surface area (Å²) in [4.78, 5) is 2.09. The second-order valence-corrected chi connectivity index (χ2v) is 5.64. The van der Waals surface area contributed by atoms with Gasteiger partial charge in [-0.15, -0.1) is 10.2 Å². The number of methoxy groups -OCH3 is 2. The first-order valence-corrected chi connectivity index (χ1v) is 7.51. The van der Waals surface area contributed by atoms with Gasteiger partial charge < -0.3 is 19.0 Å². The quantitative estimate of drug-likeness (QED) is 0.923. The maximum Gasteiger partial charge on any atom is 0.233 e. The van der Waals surface area contributed by atoms with Gasteiger partial charge in [-0.25, -0.2) is 0 Å². The van der Waals surface area contributed by atoms with Gasteiger partial charge in [0.1, 0.15) is 11.5 Å². The molecule has 23 heavy (non-hydrogen) atoms. The summed E-state index contributed by atoms with van der Waals surface area (Å²) in [5, 5.41) is 18.6. The molecular weight excluding hydrogens is 298 g/mol. The average Bonchev–Trinajstić information content (AvgIpc) is 2.99. The number of benzene rings is 1. The van der Waals surface area contributed by atoms with E-state index in [1.54, 1.807) is 21.1 Å². The van der Waals surface area contributed by atoms with Gasteiger partial charge in [-0.2, -0.15) is 0 Å². The van der Waals surface area contributed by atoms with E-state index in [0.29, 0.717) is 30.6 Å². The third kappa shape index (κ3) is 2.77. The van der Waals surface area contributed by atoms with Crippen molar-refractivity contribution in [3.05, 3.63) is 35.0 Å².